The summed E-state index contributed by atoms with van der Waals surface area (Å²) < 4.78 is 0. The predicted octanol–water partition coefficient (Wildman–Crippen LogP) is 0.920. The number of hydrogen-bond acceptors (Lipinski definition) is 5. The SMILES string of the molecule is CC(C)N(C)CCN=C(N)N1CCN(c2nccs2)CC1. The minimum absolute atomic E-state index is 0.545. The molecule has 0 unspecified atom stereocenters. The molecule has 2 N–H and O–H groups in total. The van der Waals surface area contributed by atoms with E-state index in [0.717, 1.165) is 44.4 Å². The molecule has 0 saturated carbocycles. The number of aliphatic imine (C=N–C) groups is 1. The molecule has 0 aromatic carbocycles. The van der Waals surface area contributed by atoms with Crippen LogP contribution in [-0.2, 0) is 0 Å². The van der Waals surface area contributed by atoms with Crippen molar-refractivity contribution in [1.82, 2.24) is 14.8 Å². The van der Waals surface area contributed by atoms with Crippen molar-refractivity contribution < 1.29 is 0 Å². The predicted molar refractivity (Wildman–Crippen MR) is 90.2 cm³/mol. The molecule has 118 valence electrons. The van der Waals surface area contributed by atoms with Crippen LogP contribution in [0.25, 0.3) is 0 Å². The maximum atomic E-state index is 6.10. The van der Waals surface area contributed by atoms with Gasteiger partial charge in [0.15, 0.2) is 11.1 Å². The first-order chi connectivity index (χ1) is 10.1. The van der Waals surface area contributed by atoms with Gasteiger partial charge in [-0.25, -0.2) is 4.98 Å². The first-order valence-corrected chi connectivity index (χ1v) is 8.35. The van der Waals surface area contributed by atoms with Crippen LogP contribution < -0.4 is 10.6 Å². The summed E-state index contributed by atoms with van der Waals surface area (Å²) in [5.41, 5.74) is 6.10. The van der Waals surface area contributed by atoms with Crippen LogP contribution in [0.15, 0.2) is 16.6 Å². The number of aromatic nitrogens is 1. The number of hydrogen-bond donors (Lipinski definition) is 1. The van der Waals surface area contributed by atoms with Crippen molar-refractivity contribution in [3.05, 3.63) is 11.6 Å². The van der Waals surface area contributed by atoms with Gasteiger partial charge < -0.3 is 20.4 Å². The average molecular weight is 310 g/mol. The van der Waals surface area contributed by atoms with Crippen molar-refractivity contribution in [2.24, 2.45) is 10.7 Å². The molecule has 2 heterocycles. The van der Waals surface area contributed by atoms with Gasteiger partial charge in [-0.3, -0.25) is 4.99 Å². The highest BCUT2D eigenvalue weighted by Crippen LogP contribution is 2.18. The third kappa shape index (κ3) is 4.57. The Bertz CT molecular complexity index is 436. The molecule has 6 nitrogen and oxygen atoms in total. The lowest BCUT2D eigenvalue weighted by molar-refractivity contribution is 0.281. The molecule has 0 radical (unpaired) electrons. The number of nitrogens with zero attached hydrogens (tertiary/aromatic N) is 5. The lowest BCUT2D eigenvalue weighted by Gasteiger charge is -2.35. The van der Waals surface area contributed by atoms with Crippen LogP contribution in [0.3, 0.4) is 0 Å². The Labute approximate surface area is 131 Å². The van der Waals surface area contributed by atoms with Crippen LogP contribution in [0.5, 0.6) is 0 Å². The normalized spacial score (nSPS) is 17.1. The van der Waals surface area contributed by atoms with Gasteiger partial charge in [0.2, 0.25) is 0 Å². The summed E-state index contributed by atoms with van der Waals surface area (Å²) in [5.74, 6) is 0.672. The van der Waals surface area contributed by atoms with Crippen LogP contribution in [0, 0.1) is 0 Å². The third-order valence-corrected chi connectivity index (χ3v) is 4.73. The average Bonchev–Trinajstić information content (AvgIpc) is 3.01. The molecular formula is C14H26N6S. The van der Waals surface area contributed by atoms with Gasteiger partial charge in [-0.15, -0.1) is 11.3 Å². The summed E-state index contributed by atoms with van der Waals surface area (Å²) in [5, 5.41) is 3.12. The van der Waals surface area contributed by atoms with E-state index in [-0.39, 0.29) is 0 Å². The Kier molecular flexibility index (Phi) is 5.81. The number of anilines is 1. The monoisotopic (exact) mass is 310 g/mol. The number of rotatable bonds is 5. The van der Waals surface area contributed by atoms with Gasteiger partial charge in [0.25, 0.3) is 0 Å². The molecule has 21 heavy (non-hydrogen) atoms. The molecule has 1 aliphatic rings. The summed E-state index contributed by atoms with van der Waals surface area (Å²) in [6.07, 6.45) is 1.85. The van der Waals surface area contributed by atoms with Crippen LogP contribution in [0.1, 0.15) is 13.8 Å². The summed E-state index contributed by atoms with van der Waals surface area (Å²) in [6.45, 7) is 9.80. The molecule has 2 rings (SSSR count). The fourth-order valence-electron chi connectivity index (χ4n) is 2.18. The van der Waals surface area contributed by atoms with E-state index in [1.54, 1.807) is 11.3 Å². The largest absolute Gasteiger partial charge is 0.370 e. The van der Waals surface area contributed by atoms with Crippen molar-refractivity contribution in [3.63, 3.8) is 0 Å². The molecule has 0 atom stereocenters. The molecule has 1 aromatic heterocycles. The molecule has 1 saturated heterocycles. The molecule has 1 aliphatic heterocycles. The first kappa shape index (κ1) is 16.0. The van der Waals surface area contributed by atoms with Gasteiger partial charge in [-0.05, 0) is 20.9 Å². The highest BCUT2D eigenvalue weighted by atomic mass is 32.1. The second kappa shape index (κ2) is 7.61. The van der Waals surface area contributed by atoms with Crippen molar-refractivity contribution in [2.45, 2.75) is 19.9 Å². The summed E-state index contributed by atoms with van der Waals surface area (Å²) in [7, 11) is 2.11. The smallest absolute Gasteiger partial charge is 0.191 e. The molecule has 0 amide bonds. The van der Waals surface area contributed by atoms with Gasteiger partial charge in [0.05, 0.1) is 6.54 Å². The Morgan fingerprint density at radius 3 is 2.71 bits per heavy atom. The highest BCUT2D eigenvalue weighted by molar-refractivity contribution is 7.13. The van der Waals surface area contributed by atoms with E-state index in [2.05, 4.69) is 45.6 Å². The summed E-state index contributed by atoms with van der Waals surface area (Å²) >= 11 is 1.69. The Hall–Kier alpha value is -1.34. The molecule has 7 heteroatoms. The van der Waals surface area contributed by atoms with Crippen LogP contribution >= 0.6 is 11.3 Å². The Morgan fingerprint density at radius 1 is 1.43 bits per heavy atom. The molecule has 1 fully saturated rings. The lowest BCUT2D eigenvalue weighted by atomic mass is 10.3. The zero-order valence-corrected chi connectivity index (χ0v) is 14.0. The van der Waals surface area contributed by atoms with E-state index in [1.165, 1.54) is 0 Å². The zero-order chi connectivity index (χ0) is 15.2. The summed E-state index contributed by atoms with van der Waals surface area (Å²) in [6, 6.07) is 0.545. The van der Waals surface area contributed by atoms with E-state index >= 15 is 0 Å². The van der Waals surface area contributed by atoms with E-state index in [4.69, 9.17) is 5.73 Å². The standard InChI is InChI=1S/C14H26N6S/c1-12(2)18(3)6-4-16-13(15)19-7-9-20(10-8-19)14-17-5-11-21-14/h5,11-12H,4,6-10H2,1-3H3,(H2,15,16). The maximum Gasteiger partial charge on any atom is 0.191 e. The summed E-state index contributed by atoms with van der Waals surface area (Å²) in [4.78, 5) is 15.6. The van der Waals surface area contributed by atoms with E-state index in [1.807, 2.05) is 11.6 Å². The highest BCUT2D eigenvalue weighted by Gasteiger charge is 2.19. The topological polar surface area (TPSA) is 61.0 Å². The van der Waals surface area contributed by atoms with E-state index in [0.29, 0.717) is 12.0 Å². The fraction of sp³-hybridized carbons (Fsp3) is 0.714. The maximum absolute atomic E-state index is 6.10. The zero-order valence-electron chi connectivity index (χ0n) is 13.2. The van der Waals surface area contributed by atoms with Crippen molar-refractivity contribution >= 4 is 22.4 Å². The fourth-order valence-corrected chi connectivity index (χ4v) is 2.88. The minimum atomic E-state index is 0.545. The molecule has 0 bridgehead atoms. The van der Waals surface area contributed by atoms with Gasteiger partial charge >= 0.3 is 0 Å². The van der Waals surface area contributed by atoms with E-state index < -0.39 is 0 Å². The second-order valence-corrected chi connectivity index (χ2v) is 6.48. The lowest BCUT2D eigenvalue weighted by Crippen LogP contribution is -2.51. The van der Waals surface area contributed by atoms with Crippen LogP contribution in [-0.4, -0.2) is 73.1 Å². The molecule has 0 aliphatic carbocycles. The number of likely N-dealkylation sites (N-methyl/N-ethyl adjacent to an activating group) is 1. The molecule has 0 spiro atoms. The number of guanidine groups is 1. The van der Waals surface area contributed by atoms with Crippen molar-refractivity contribution in [2.75, 3.05) is 51.2 Å². The molecular weight excluding hydrogens is 284 g/mol. The Morgan fingerprint density at radius 2 is 2.14 bits per heavy atom. The number of nitrogens with two attached hydrogens (primary N) is 1. The number of piperazine rings is 1. The second-order valence-electron chi connectivity index (χ2n) is 5.60. The first-order valence-electron chi connectivity index (χ1n) is 7.47. The van der Waals surface area contributed by atoms with Crippen molar-refractivity contribution in [3.8, 4) is 0 Å². The minimum Gasteiger partial charge on any atom is -0.370 e. The van der Waals surface area contributed by atoms with Crippen LogP contribution in [0.2, 0.25) is 0 Å². The number of thiazole rings is 1. The third-order valence-electron chi connectivity index (χ3n) is 3.90. The Balaban J connectivity index is 1.76. The van der Waals surface area contributed by atoms with Gasteiger partial charge in [-0.1, -0.05) is 0 Å². The molecule has 1 aromatic rings. The quantitative estimate of drug-likeness (QED) is 0.647. The van der Waals surface area contributed by atoms with Crippen LogP contribution in [0.4, 0.5) is 5.13 Å². The van der Waals surface area contributed by atoms with Crippen molar-refractivity contribution in [1.29, 1.82) is 0 Å². The van der Waals surface area contributed by atoms with Gasteiger partial charge in [0, 0.05) is 50.3 Å². The van der Waals surface area contributed by atoms with Gasteiger partial charge in [0.1, 0.15) is 0 Å². The van der Waals surface area contributed by atoms with Gasteiger partial charge in [-0.2, -0.15) is 0 Å². The van der Waals surface area contributed by atoms with E-state index in [9.17, 15) is 0 Å².